The van der Waals surface area contributed by atoms with Crippen molar-refractivity contribution in [2.45, 2.75) is 31.8 Å². The van der Waals surface area contributed by atoms with Crippen LogP contribution in [0.2, 0.25) is 0 Å². The summed E-state index contributed by atoms with van der Waals surface area (Å²) in [5.41, 5.74) is 5.17. The zero-order valence-corrected chi connectivity index (χ0v) is 17.6. The Morgan fingerprint density at radius 3 is 2.39 bits per heavy atom. The number of nitrogens with two attached hydrogens (primary N) is 1. The number of nitrogens with one attached hydrogen (secondary N) is 1. The number of aliphatic hydroxyl groups excluding tert-OH is 1. The van der Waals surface area contributed by atoms with Crippen LogP contribution in [0.15, 0.2) is 64.9 Å². The second-order valence-electron chi connectivity index (χ2n) is 6.62. The third kappa shape index (κ3) is 7.80. The predicted octanol–water partition coefficient (Wildman–Crippen LogP) is 3.31. The summed E-state index contributed by atoms with van der Waals surface area (Å²) in [5.74, 6) is -0.939. The molecule has 0 saturated heterocycles. The molecule has 0 radical (unpaired) electrons. The number of thiophene rings is 1. The summed E-state index contributed by atoms with van der Waals surface area (Å²) in [6.45, 7) is 0. The molecule has 1 saturated carbocycles. The molecule has 1 aromatic carbocycles. The fourth-order valence-electron chi connectivity index (χ4n) is 2.80. The summed E-state index contributed by atoms with van der Waals surface area (Å²) in [4.78, 5) is 32.6. The van der Waals surface area contributed by atoms with E-state index in [-0.39, 0.29) is 23.3 Å². The molecule has 31 heavy (non-hydrogen) atoms. The van der Waals surface area contributed by atoms with E-state index < -0.39 is 5.82 Å². The summed E-state index contributed by atoms with van der Waals surface area (Å²) >= 11 is 1.36. The third-order valence-electron chi connectivity index (χ3n) is 4.36. The molecule has 0 spiro atoms. The van der Waals surface area contributed by atoms with Crippen LogP contribution in [0.25, 0.3) is 5.69 Å². The number of aliphatic hydroxyl groups is 1. The van der Waals surface area contributed by atoms with Gasteiger partial charge in [0.15, 0.2) is 0 Å². The van der Waals surface area contributed by atoms with Crippen LogP contribution in [-0.2, 0) is 4.79 Å². The van der Waals surface area contributed by atoms with Crippen molar-refractivity contribution in [2.24, 2.45) is 5.73 Å². The first-order chi connectivity index (χ1) is 14.9. The van der Waals surface area contributed by atoms with Gasteiger partial charge in [-0.05, 0) is 42.5 Å². The van der Waals surface area contributed by atoms with Crippen LogP contribution in [0.4, 0.5) is 10.1 Å². The van der Waals surface area contributed by atoms with Gasteiger partial charge in [0.1, 0.15) is 5.82 Å². The zero-order valence-electron chi connectivity index (χ0n) is 16.7. The lowest BCUT2D eigenvalue weighted by molar-refractivity contribution is -0.105. The van der Waals surface area contributed by atoms with Gasteiger partial charge in [0.25, 0.3) is 11.5 Å². The Balaban J connectivity index is 0.000000200. The molecule has 0 unspecified atom stereocenters. The number of carbonyl (C=O) groups is 2. The Morgan fingerprint density at radius 2 is 1.94 bits per heavy atom. The molecular weight excluding hydrogens is 421 g/mol. The SMILES string of the molecule is NC(=O)c1cccs1.O=CNc1ccc(-n2ccccc2=O)cc1F.OC1CCCC1. The van der Waals surface area contributed by atoms with Crippen molar-refractivity contribution in [1.82, 2.24) is 4.57 Å². The van der Waals surface area contributed by atoms with E-state index in [1.54, 1.807) is 36.5 Å². The highest BCUT2D eigenvalue weighted by Crippen LogP contribution is 2.17. The van der Waals surface area contributed by atoms with Gasteiger partial charge in [0.2, 0.25) is 6.41 Å². The molecule has 4 N–H and O–H groups in total. The second-order valence-corrected chi connectivity index (χ2v) is 7.56. The van der Waals surface area contributed by atoms with E-state index in [9.17, 15) is 18.8 Å². The molecule has 164 valence electrons. The van der Waals surface area contributed by atoms with Crippen LogP contribution >= 0.6 is 11.3 Å². The second kappa shape index (κ2) is 12.4. The number of pyridine rings is 1. The van der Waals surface area contributed by atoms with Gasteiger partial charge in [0.05, 0.1) is 22.4 Å². The number of anilines is 1. The number of hydrogen-bond donors (Lipinski definition) is 3. The third-order valence-corrected chi connectivity index (χ3v) is 5.24. The number of amides is 2. The van der Waals surface area contributed by atoms with Gasteiger partial charge in [-0.2, -0.15) is 0 Å². The van der Waals surface area contributed by atoms with Gasteiger partial charge in [0, 0.05) is 18.3 Å². The van der Waals surface area contributed by atoms with Gasteiger partial charge < -0.3 is 16.2 Å². The van der Waals surface area contributed by atoms with Crippen molar-refractivity contribution in [1.29, 1.82) is 0 Å². The summed E-state index contributed by atoms with van der Waals surface area (Å²) in [5, 5.41) is 12.8. The predicted molar refractivity (Wildman–Crippen MR) is 119 cm³/mol. The highest BCUT2D eigenvalue weighted by atomic mass is 32.1. The summed E-state index contributed by atoms with van der Waals surface area (Å²) in [6.07, 6.45) is 6.55. The van der Waals surface area contributed by atoms with Crippen molar-refractivity contribution in [2.75, 3.05) is 5.32 Å². The smallest absolute Gasteiger partial charge is 0.258 e. The Kier molecular flexibility index (Phi) is 9.60. The molecular formula is C22H24FN3O4S. The van der Waals surface area contributed by atoms with E-state index in [4.69, 9.17) is 10.8 Å². The average molecular weight is 446 g/mol. The molecule has 2 heterocycles. The van der Waals surface area contributed by atoms with E-state index in [1.165, 1.54) is 46.9 Å². The lowest BCUT2D eigenvalue weighted by atomic mass is 10.2. The number of carbonyl (C=O) groups excluding carboxylic acids is 2. The molecule has 1 aliphatic carbocycles. The molecule has 2 amide bonds. The van der Waals surface area contributed by atoms with Crippen molar-refractivity contribution >= 4 is 29.3 Å². The number of halogens is 1. The molecule has 3 aromatic rings. The largest absolute Gasteiger partial charge is 0.393 e. The number of primary amides is 1. The Hall–Kier alpha value is -3.30. The zero-order chi connectivity index (χ0) is 22.6. The van der Waals surface area contributed by atoms with Gasteiger partial charge in [-0.15, -0.1) is 11.3 Å². The van der Waals surface area contributed by atoms with Gasteiger partial charge in [-0.1, -0.05) is 25.0 Å². The Labute approximate surface area is 183 Å². The van der Waals surface area contributed by atoms with Crippen molar-refractivity contribution in [3.05, 3.63) is 81.2 Å². The molecule has 9 heteroatoms. The summed E-state index contributed by atoms with van der Waals surface area (Å²) < 4.78 is 14.8. The molecule has 1 aliphatic rings. The van der Waals surface area contributed by atoms with Crippen molar-refractivity contribution in [3.8, 4) is 5.69 Å². The molecule has 0 bridgehead atoms. The number of nitrogens with zero attached hydrogens (tertiary/aromatic N) is 1. The first kappa shape index (κ1) is 24.0. The normalized spacial score (nSPS) is 12.7. The van der Waals surface area contributed by atoms with Gasteiger partial charge in [-0.3, -0.25) is 19.0 Å². The number of aromatic nitrogens is 1. The van der Waals surface area contributed by atoms with E-state index in [2.05, 4.69) is 5.32 Å². The quantitative estimate of drug-likeness (QED) is 0.535. The summed E-state index contributed by atoms with van der Waals surface area (Å²) in [6, 6.07) is 12.3. The van der Waals surface area contributed by atoms with E-state index in [1.807, 2.05) is 5.38 Å². The minimum absolute atomic E-state index is 0.0463. The van der Waals surface area contributed by atoms with Crippen molar-refractivity contribution in [3.63, 3.8) is 0 Å². The van der Waals surface area contributed by atoms with Crippen LogP contribution in [-0.4, -0.2) is 28.1 Å². The standard InChI is InChI=1S/C12H9FN2O2.C5H5NOS.C5H10O/c13-10-7-9(4-5-11(10)14-8-16)15-6-2-1-3-12(15)17;6-5(7)4-2-1-3-8-4;6-5-3-1-2-4-5/h1-8H,(H,14,16);1-3H,(H2,6,7);5-6H,1-4H2. The highest BCUT2D eigenvalue weighted by molar-refractivity contribution is 7.12. The number of rotatable bonds is 4. The maximum atomic E-state index is 13.5. The Bertz CT molecular complexity index is 1030. The number of benzene rings is 1. The van der Waals surface area contributed by atoms with Crippen LogP contribution in [0.1, 0.15) is 35.4 Å². The maximum absolute atomic E-state index is 13.5. The van der Waals surface area contributed by atoms with E-state index in [0.717, 1.165) is 12.8 Å². The van der Waals surface area contributed by atoms with Crippen molar-refractivity contribution < 1.29 is 19.1 Å². The average Bonchev–Trinajstić information content (AvgIpc) is 3.45. The molecule has 2 aromatic heterocycles. The van der Waals surface area contributed by atoms with Gasteiger partial charge >= 0.3 is 0 Å². The lowest BCUT2D eigenvalue weighted by Gasteiger charge is -2.07. The molecule has 4 rings (SSSR count). The van der Waals surface area contributed by atoms with Crippen LogP contribution in [0.3, 0.4) is 0 Å². The monoisotopic (exact) mass is 445 g/mol. The van der Waals surface area contributed by atoms with Crippen LogP contribution in [0.5, 0.6) is 0 Å². The Morgan fingerprint density at radius 1 is 1.19 bits per heavy atom. The molecule has 7 nitrogen and oxygen atoms in total. The molecule has 0 aliphatic heterocycles. The van der Waals surface area contributed by atoms with Crippen LogP contribution < -0.4 is 16.6 Å². The minimum Gasteiger partial charge on any atom is -0.393 e. The molecule has 0 atom stereocenters. The fourth-order valence-corrected chi connectivity index (χ4v) is 3.38. The molecule has 1 fully saturated rings. The van der Waals surface area contributed by atoms with E-state index in [0.29, 0.717) is 17.0 Å². The first-order valence-corrected chi connectivity index (χ1v) is 10.5. The number of hydrogen-bond acceptors (Lipinski definition) is 5. The maximum Gasteiger partial charge on any atom is 0.258 e. The summed E-state index contributed by atoms with van der Waals surface area (Å²) in [7, 11) is 0. The topological polar surface area (TPSA) is 114 Å². The fraction of sp³-hybridized carbons (Fsp3) is 0.227. The minimum atomic E-state index is -0.592. The van der Waals surface area contributed by atoms with Crippen LogP contribution in [0, 0.1) is 5.82 Å². The first-order valence-electron chi connectivity index (χ1n) is 9.61. The highest BCUT2D eigenvalue weighted by Gasteiger charge is 2.09. The van der Waals surface area contributed by atoms with Gasteiger partial charge in [-0.25, -0.2) is 4.39 Å². The lowest BCUT2D eigenvalue weighted by Crippen LogP contribution is -2.15. The van der Waals surface area contributed by atoms with E-state index >= 15 is 0 Å².